The summed E-state index contributed by atoms with van der Waals surface area (Å²) in [6.45, 7) is 0. The molecule has 0 N–H and O–H groups in total. The van der Waals surface area contributed by atoms with E-state index in [0.717, 1.165) is 21.7 Å². The zero-order valence-electron chi connectivity index (χ0n) is 8.63. The lowest BCUT2D eigenvalue weighted by molar-refractivity contribution is 1.36. The predicted molar refractivity (Wildman–Crippen MR) is 85.3 cm³/mol. The first-order valence-electron chi connectivity index (χ1n) is 4.91. The van der Waals surface area contributed by atoms with Crippen molar-refractivity contribution in [2.45, 2.75) is 2.14 Å². The Labute approximate surface area is 131 Å². The van der Waals surface area contributed by atoms with E-state index in [1.165, 1.54) is 0 Å². The van der Waals surface area contributed by atoms with E-state index in [1.54, 1.807) is 0 Å². The predicted octanol–water partition coefficient (Wildman–Crippen LogP) is 6.30. The average Bonchev–Trinajstić information content (AvgIpc) is 2.28. The molecule has 0 heterocycles. The maximum Gasteiger partial charge on any atom is 0.160 e. The zero-order valence-corrected chi connectivity index (χ0v) is 14.1. The Kier molecular flexibility index (Phi) is 4.35. The SMILES string of the molecule is Clc1ccccc1-c1ccccc1C(Br)(Br)Br. The molecule has 0 saturated carbocycles. The average molecular weight is 439 g/mol. The molecule has 4 heteroatoms. The third-order valence-electron chi connectivity index (χ3n) is 2.40. The molecule has 0 saturated heterocycles. The standard InChI is InChI=1S/C13H8Br3Cl/c14-13(15,16)11-7-3-1-5-9(11)10-6-2-4-8-12(10)17/h1-8H. The first kappa shape index (κ1) is 13.6. The molecule has 88 valence electrons. The Balaban J connectivity index is 2.65. The van der Waals surface area contributed by atoms with E-state index in [-0.39, 0.29) is 0 Å². The van der Waals surface area contributed by atoms with E-state index in [9.17, 15) is 0 Å². The molecular formula is C13H8Br3Cl. The molecule has 0 bridgehead atoms. The Bertz CT molecular complexity index is 532. The van der Waals surface area contributed by atoms with Gasteiger partial charge in [0, 0.05) is 10.6 Å². The summed E-state index contributed by atoms with van der Waals surface area (Å²) < 4.78 is -0.442. The summed E-state index contributed by atoms with van der Waals surface area (Å²) >= 11 is 16.9. The maximum atomic E-state index is 6.23. The van der Waals surface area contributed by atoms with Crippen LogP contribution < -0.4 is 0 Å². The van der Waals surface area contributed by atoms with Gasteiger partial charge in [-0.3, -0.25) is 0 Å². The molecule has 0 aliphatic heterocycles. The first-order chi connectivity index (χ1) is 8.00. The molecule has 2 rings (SSSR count). The summed E-state index contributed by atoms with van der Waals surface area (Å²) in [6.07, 6.45) is 0. The highest BCUT2D eigenvalue weighted by Crippen LogP contribution is 2.48. The van der Waals surface area contributed by atoms with Crippen LogP contribution in [0.5, 0.6) is 0 Å². The van der Waals surface area contributed by atoms with Crippen LogP contribution in [-0.2, 0) is 2.14 Å². The molecule has 0 nitrogen and oxygen atoms in total. The second kappa shape index (κ2) is 5.43. The fourth-order valence-corrected chi connectivity index (χ4v) is 2.92. The van der Waals surface area contributed by atoms with Gasteiger partial charge in [0.15, 0.2) is 2.14 Å². The van der Waals surface area contributed by atoms with Gasteiger partial charge >= 0.3 is 0 Å². The fraction of sp³-hybridized carbons (Fsp3) is 0.0769. The van der Waals surface area contributed by atoms with Crippen LogP contribution in [0.1, 0.15) is 5.56 Å². The van der Waals surface area contributed by atoms with Gasteiger partial charge in [-0.1, -0.05) is 102 Å². The van der Waals surface area contributed by atoms with Crippen LogP contribution in [-0.4, -0.2) is 0 Å². The van der Waals surface area contributed by atoms with Crippen LogP contribution in [0.25, 0.3) is 11.1 Å². The second-order valence-electron chi connectivity index (χ2n) is 3.52. The lowest BCUT2D eigenvalue weighted by atomic mass is 10.0. The lowest BCUT2D eigenvalue weighted by Gasteiger charge is -2.18. The van der Waals surface area contributed by atoms with E-state index in [1.807, 2.05) is 42.5 Å². The van der Waals surface area contributed by atoms with Crippen molar-refractivity contribution in [1.29, 1.82) is 0 Å². The molecule has 0 unspecified atom stereocenters. The summed E-state index contributed by atoms with van der Waals surface area (Å²) in [6, 6.07) is 15.9. The van der Waals surface area contributed by atoms with Gasteiger partial charge in [0.25, 0.3) is 0 Å². The second-order valence-corrected chi connectivity index (χ2v) is 10.7. The van der Waals surface area contributed by atoms with E-state index in [0.29, 0.717) is 0 Å². The molecule has 0 aromatic heterocycles. The first-order valence-corrected chi connectivity index (χ1v) is 7.67. The van der Waals surface area contributed by atoms with E-state index < -0.39 is 2.14 Å². The molecule has 2 aromatic carbocycles. The Hall–Kier alpha value is 0.170. The van der Waals surface area contributed by atoms with E-state index >= 15 is 0 Å². The van der Waals surface area contributed by atoms with Gasteiger partial charge in [0.1, 0.15) is 0 Å². The molecule has 2 aromatic rings. The van der Waals surface area contributed by atoms with Crippen molar-refractivity contribution in [3.8, 4) is 11.1 Å². The summed E-state index contributed by atoms with van der Waals surface area (Å²) in [4.78, 5) is 0. The highest BCUT2D eigenvalue weighted by Gasteiger charge is 2.24. The minimum atomic E-state index is -0.442. The van der Waals surface area contributed by atoms with Crippen LogP contribution >= 0.6 is 59.4 Å². The molecule has 17 heavy (non-hydrogen) atoms. The normalized spacial score (nSPS) is 11.5. The largest absolute Gasteiger partial charge is 0.160 e. The number of hydrogen-bond acceptors (Lipinski definition) is 0. The van der Waals surface area contributed by atoms with E-state index in [2.05, 4.69) is 53.9 Å². The van der Waals surface area contributed by atoms with Crippen LogP contribution in [0.2, 0.25) is 5.02 Å². The highest BCUT2D eigenvalue weighted by molar-refractivity contribution is 9.38. The van der Waals surface area contributed by atoms with Gasteiger partial charge < -0.3 is 0 Å². The summed E-state index contributed by atoms with van der Waals surface area (Å²) in [5, 5.41) is 0.747. The highest BCUT2D eigenvalue weighted by atomic mass is 80.0. The zero-order chi connectivity index (χ0) is 12.5. The van der Waals surface area contributed by atoms with Gasteiger partial charge in [-0.15, -0.1) is 0 Å². The number of alkyl halides is 3. The van der Waals surface area contributed by atoms with Crippen LogP contribution in [0.4, 0.5) is 0 Å². The van der Waals surface area contributed by atoms with Gasteiger partial charge in [0.2, 0.25) is 0 Å². The maximum absolute atomic E-state index is 6.23. The smallest absolute Gasteiger partial charge is 0.0837 e. The van der Waals surface area contributed by atoms with Crippen LogP contribution in [0.15, 0.2) is 48.5 Å². The van der Waals surface area contributed by atoms with Crippen molar-refractivity contribution in [3.05, 3.63) is 59.1 Å². The number of benzene rings is 2. The van der Waals surface area contributed by atoms with E-state index in [4.69, 9.17) is 11.6 Å². The molecule has 0 amide bonds. The van der Waals surface area contributed by atoms with Crippen LogP contribution in [0.3, 0.4) is 0 Å². The molecule has 0 spiro atoms. The topological polar surface area (TPSA) is 0 Å². The van der Waals surface area contributed by atoms with Crippen molar-refractivity contribution < 1.29 is 0 Å². The van der Waals surface area contributed by atoms with Crippen molar-refractivity contribution in [3.63, 3.8) is 0 Å². The molecule has 0 aliphatic rings. The van der Waals surface area contributed by atoms with Gasteiger partial charge in [0.05, 0.1) is 0 Å². The quantitative estimate of drug-likeness (QED) is 0.458. The van der Waals surface area contributed by atoms with Gasteiger partial charge in [-0.05, 0) is 17.2 Å². The minimum absolute atomic E-state index is 0.442. The number of halogens is 4. The third kappa shape index (κ3) is 3.14. The molecule has 0 aliphatic carbocycles. The van der Waals surface area contributed by atoms with Gasteiger partial charge in [-0.25, -0.2) is 0 Å². The fourth-order valence-electron chi connectivity index (χ4n) is 1.64. The van der Waals surface area contributed by atoms with Crippen molar-refractivity contribution in [2.24, 2.45) is 0 Å². The van der Waals surface area contributed by atoms with Gasteiger partial charge in [-0.2, -0.15) is 0 Å². The third-order valence-corrected chi connectivity index (χ3v) is 4.01. The van der Waals surface area contributed by atoms with Crippen molar-refractivity contribution in [2.75, 3.05) is 0 Å². The number of hydrogen-bond donors (Lipinski definition) is 0. The molecule has 0 radical (unpaired) electrons. The molecule has 0 atom stereocenters. The minimum Gasteiger partial charge on any atom is -0.0837 e. The molecule has 0 fully saturated rings. The number of rotatable bonds is 1. The van der Waals surface area contributed by atoms with Crippen molar-refractivity contribution >= 4 is 59.4 Å². The Morgan fingerprint density at radius 1 is 0.765 bits per heavy atom. The van der Waals surface area contributed by atoms with Crippen LogP contribution in [0, 0.1) is 0 Å². The summed E-state index contributed by atoms with van der Waals surface area (Å²) in [7, 11) is 0. The lowest BCUT2D eigenvalue weighted by Crippen LogP contribution is -2.00. The van der Waals surface area contributed by atoms with Crippen molar-refractivity contribution in [1.82, 2.24) is 0 Å². The summed E-state index contributed by atoms with van der Waals surface area (Å²) in [5.41, 5.74) is 3.18. The summed E-state index contributed by atoms with van der Waals surface area (Å²) in [5.74, 6) is 0. The Morgan fingerprint density at radius 3 is 1.88 bits per heavy atom. The Morgan fingerprint density at radius 2 is 1.29 bits per heavy atom. The monoisotopic (exact) mass is 436 g/mol. The molecular weight excluding hydrogens is 431 g/mol.